The van der Waals surface area contributed by atoms with Crippen LogP contribution in [0.3, 0.4) is 0 Å². The van der Waals surface area contributed by atoms with E-state index in [2.05, 4.69) is 29.6 Å². The molecule has 2 aromatic rings. The van der Waals surface area contributed by atoms with Gasteiger partial charge < -0.3 is 16.2 Å². The van der Waals surface area contributed by atoms with Gasteiger partial charge in [-0.2, -0.15) is 0 Å². The molecule has 0 aliphatic carbocycles. The lowest BCUT2D eigenvalue weighted by atomic mass is 10.0. The van der Waals surface area contributed by atoms with Gasteiger partial charge in [-0.15, -0.1) is 24.8 Å². The molecular weight excluding hydrogens is 331 g/mol. The molecule has 0 fully saturated rings. The van der Waals surface area contributed by atoms with Crippen LogP contribution in [0.2, 0.25) is 0 Å². The molecule has 128 valence electrons. The highest BCUT2D eigenvalue weighted by atomic mass is 35.5. The minimum Gasteiger partial charge on any atom is -0.395 e. The third-order valence-electron chi connectivity index (χ3n) is 3.55. The predicted octanol–water partition coefficient (Wildman–Crippen LogP) is 2.59. The topological polar surface area (TPSA) is 58.3 Å². The van der Waals surface area contributed by atoms with Crippen molar-refractivity contribution in [2.24, 2.45) is 5.73 Å². The van der Waals surface area contributed by atoms with Gasteiger partial charge in [-0.25, -0.2) is 0 Å². The summed E-state index contributed by atoms with van der Waals surface area (Å²) in [6.45, 7) is 0.819. The van der Waals surface area contributed by atoms with E-state index in [1.54, 1.807) is 0 Å². The standard InChI is InChI=1S/C18H24N2O.2ClH/c19-17(11-15-7-3-1-4-8-15)13-20-18(14-21)12-16-9-5-2-6-10-16;;/h1-10,17-18,20-21H,11-14,19H2;2*1H/t17-,18+;;/m1../s1. The first-order valence-corrected chi connectivity index (χ1v) is 7.45. The summed E-state index contributed by atoms with van der Waals surface area (Å²) >= 11 is 0. The Kier molecular flexibility index (Phi) is 11.7. The molecule has 0 aromatic heterocycles. The van der Waals surface area contributed by atoms with Crippen LogP contribution in [0.4, 0.5) is 0 Å². The van der Waals surface area contributed by atoms with Crippen molar-refractivity contribution in [2.45, 2.75) is 24.9 Å². The normalized spacial score (nSPS) is 12.6. The molecule has 0 heterocycles. The van der Waals surface area contributed by atoms with Crippen molar-refractivity contribution < 1.29 is 5.11 Å². The van der Waals surface area contributed by atoms with Crippen LogP contribution in [-0.2, 0) is 12.8 Å². The summed E-state index contributed by atoms with van der Waals surface area (Å²) in [4.78, 5) is 0. The monoisotopic (exact) mass is 356 g/mol. The molecule has 0 saturated heterocycles. The van der Waals surface area contributed by atoms with Crippen LogP contribution in [0.25, 0.3) is 0 Å². The predicted molar refractivity (Wildman–Crippen MR) is 102 cm³/mol. The second kappa shape index (κ2) is 12.3. The van der Waals surface area contributed by atoms with Crippen molar-refractivity contribution in [3.63, 3.8) is 0 Å². The van der Waals surface area contributed by atoms with Crippen LogP contribution in [0.5, 0.6) is 0 Å². The molecule has 0 aliphatic heterocycles. The quantitative estimate of drug-likeness (QED) is 0.681. The van der Waals surface area contributed by atoms with E-state index in [0.29, 0.717) is 6.54 Å². The average Bonchev–Trinajstić information content (AvgIpc) is 2.53. The van der Waals surface area contributed by atoms with Crippen molar-refractivity contribution in [3.05, 3.63) is 71.8 Å². The largest absolute Gasteiger partial charge is 0.395 e. The molecule has 23 heavy (non-hydrogen) atoms. The van der Waals surface area contributed by atoms with Gasteiger partial charge >= 0.3 is 0 Å². The Bertz CT molecular complexity index is 511. The molecule has 4 N–H and O–H groups in total. The molecule has 5 heteroatoms. The van der Waals surface area contributed by atoms with Gasteiger partial charge in [-0.05, 0) is 24.0 Å². The van der Waals surface area contributed by atoms with Crippen molar-refractivity contribution in [1.29, 1.82) is 0 Å². The number of halogens is 2. The lowest BCUT2D eigenvalue weighted by Crippen LogP contribution is -2.43. The van der Waals surface area contributed by atoms with Crippen molar-refractivity contribution in [2.75, 3.05) is 13.2 Å². The number of nitrogens with two attached hydrogens (primary N) is 1. The van der Waals surface area contributed by atoms with Gasteiger partial charge in [0.25, 0.3) is 0 Å². The zero-order valence-corrected chi connectivity index (χ0v) is 14.7. The lowest BCUT2D eigenvalue weighted by Gasteiger charge is -2.19. The van der Waals surface area contributed by atoms with E-state index in [9.17, 15) is 5.11 Å². The highest BCUT2D eigenvalue weighted by Crippen LogP contribution is 2.04. The average molecular weight is 357 g/mol. The number of hydrogen-bond acceptors (Lipinski definition) is 3. The molecule has 0 spiro atoms. The van der Waals surface area contributed by atoms with E-state index in [-0.39, 0.29) is 43.5 Å². The van der Waals surface area contributed by atoms with E-state index >= 15 is 0 Å². The fourth-order valence-corrected chi connectivity index (χ4v) is 2.41. The van der Waals surface area contributed by atoms with Crippen LogP contribution in [0.15, 0.2) is 60.7 Å². The van der Waals surface area contributed by atoms with Gasteiger partial charge in [0.1, 0.15) is 0 Å². The number of aliphatic hydroxyl groups excluding tert-OH is 1. The van der Waals surface area contributed by atoms with E-state index < -0.39 is 0 Å². The van der Waals surface area contributed by atoms with Gasteiger partial charge in [-0.1, -0.05) is 60.7 Å². The van der Waals surface area contributed by atoms with Crippen LogP contribution in [0, 0.1) is 0 Å². The highest BCUT2D eigenvalue weighted by molar-refractivity contribution is 5.85. The zero-order chi connectivity index (χ0) is 14.9. The fourth-order valence-electron chi connectivity index (χ4n) is 2.41. The third-order valence-corrected chi connectivity index (χ3v) is 3.55. The zero-order valence-electron chi connectivity index (χ0n) is 13.1. The number of aliphatic hydroxyl groups is 1. The molecule has 2 aromatic carbocycles. The maximum absolute atomic E-state index is 9.49. The third kappa shape index (κ3) is 8.35. The maximum atomic E-state index is 9.49. The van der Waals surface area contributed by atoms with Crippen molar-refractivity contribution >= 4 is 24.8 Å². The summed E-state index contributed by atoms with van der Waals surface area (Å²) < 4.78 is 0. The second-order valence-electron chi connectivity index (χ2n) is 5.43. The van der Waals surface area contributed by atoms with Crippen LogP contribution < -0.4 is 11.1 Å². The summed E-state index contributed by atoms with van der Waals surface area (Å²) in [7, 11) is 0. The van der Waals surface area contributed by atoms with Crippen LogP contribution in [-0.4, -0.2) is 30.3 Å². The molecule has 0 saturated carbocycles. The molecule has 2 atom stereocenters. The van der Waals surface area contributed by atoms with E-state index in [1.165, 1.54) is 11.1 Å². The van der Waals surface area contributed by atoms with Crippen LogP contribution >= 0.6 is 24.8 Å². The first kappa shape index (κ1) is 21.9. The first-order valence-electron chi connectivity index (χ1n) is 7.45. The van der Waals surface area contributed by atoms with Gasteiger partial charge in [-0.3, -0.25) is 0 Å². The number of nitrogens with one attached hydrogen (secondary N) is 1. The Morgan fingerprint density at radius 3 is 1.78 bits per heavy atom. The van der Waals surface area contributed by atoms with Crippen molar-refractivity contribution in [1.82, 2.24) is 5.32 Å². The molecule has 0 aliphatic rings. The van der Waals surface area contributed by atoms with Gasteiger partial charge in [0.05, 0.1) is 6.61 Å². The summed E-state index contributed by atoms with van der Waals surface area (Å²) in [6, 6.07) is 20.5. The van der Waals surface area contributed by atoms with Crippen LogP contribution in [0.1, 0.15) is 11.1 Å². The molecular formula is C18H26Cl2N2O. The minimum absolute atomic E-state index is 0. The summed E-state index contributed by atoms with van der Waals surface area (Å²) in [6.07, 6.45) is 1.66. The Morgan fingerprint density at radius 1 is 0.826 bits per heavy atom. The molecule has 2 rings (SSSR count). The lowest BCUT2D eigenvalue weighted by molar-refractivity contribution is 0.240. The number of rotatable bonds is 8. The Labute approximate surface area is 151 Å². The fraction of sp³-hybridized carbons (Fsp3) is 0.333. The summed E-state index contributed by atoms with van der Waals surface area (Å²) in [5.41, 5.74) is 8.63. The van der Waals surface area contributed by atoms with Gasteiger partial charge in [0, 0.05) is 18.6 Å². The van der Waals surface area contributed by atoms with E-state index in [4.69, 9.17) is 5.73 Å². The SMILES string of the molecule is Cl.Cl.N[C@@H](CN[C@H](CO)Cc1ccccc1)Cc1ccccc1. The molecule has 0 unspecified atom stereocenters. The Balaban J connectivity index is 0.00000242. The number of hydrogen-bond donors (Lipinski definition) is 3. The molecule has 0 amide bonds. The Hall–Kier alpha value is -1.10. The second-order valence-corrected chi connectivity index (χ2v) is 5.43. The number of benzene rings is 2. The smallest absolute Gasteiger partial charge is 0.0587 e. The summed E-state index contributed by atoms with van der Waals surface area (Å²) in [5.74, 6) is 0. The highest BCUT2D eigenvalue weighted by Gasteiger charge is 2.10. The maximum Gasteiger partial charge on any atom is 0.0587 e. The Morgan fingerprint density at radius 2 is 1.30 bits per heavy atom. The first-order chi connectivity index (χ1) is 10.3. The van der Waals surface area contributed by atoms with E-state index in [0.717, 1.165) is 12.8 Å². The molecule has 0 bridgehead atoms. The molecule has 3 nitrogen and oxygen atoms in total. The summed E-state index contributed by atoms with van der Waals surface area (Å²) in [5, 5.41) is 12.8. The van der Waals surface area contributed by atoms with Crippen molar-refractivity contribution in [3.8, 4) is 0 Å². The van der Waals surface area contributed by atoms with Gasteiger partial charge in [0.2, 0.25) is 0 Å². The minimum atomic E-state index is 0. The van der Waals surface area contributed by atoms with E-state index in [1.807, 2.05) is 36.4 Å². The van der Waals surface area contributed by atoms with Gasteiger partial charge in [0.15, 0.2) is 0 Å². The molecule has 0 radical (unpaired) electrons.